The number of carbonyl (C=O) groups is 1. The number of nitrogens with zero attached hydrogens (tertiary/aromatic N) is 7. The highest BCUT2D eigenvalue weighted by atomic mass is 35.5. The molecule has 0 atom stereocenters. The van der Waals surface area contributed by atoms with Crippen molar-refractivity contribution in [1.82, 2.24) is 14.1 Å². The van der Waals surface area contributed by atoms with Crippen LogP contribution in [0.5, 0.6) is 0 Å². The van der Waals surface area contributed by atoms with Gasteiger partial charge in [0.15, 0.2) is 0 Å². The summed E-state index contributed by atoms with van der Waals surface area (Å²) in [5.41, 5.74) is 2.36. The van der Waals surface area contributed by atoms with E-state index in [0.717, 1.165) is 52.1 Å². The third kappa shape index (κ3) is 6.64. The van der Waals surface area contributed by atoms with Crippen LogP contribution in [0, 0.1) is 10.1 Å². The molecule has 2 aromatic rings. The number of anilines is 1. The van der Waals surface area contributed by atoms with Crippen LogP contribution in [0.3, 0.4) is 0 Å². The van der Waals surface area contributed by atoms with E-state index in [-0.39, 0.29) is 18.1 Å². The molecule has 2 saturated heterocycles. The molecule has 4 heterocycles. The second kappa shape index (κ2) is 12.9. The van der Waals surface area contributed by atoms with Gasteiger partial charge in [0.05, 0.1) is 28.6 Å². The molecule has 6 rings (SSSR count). The second-order valence-electron chi connectivity index (χ2n) is 10.7. The van der Waals surface area contributed by atoms with E-state index >= 15 is 0 Å². The Hall–Kier alpha value is -3.65. The van der Waals surface area contributed by atoms with Crippen molar-refractivity contribution in [2.45, 2.75) is 19.8 Å². The van der Waals surface area contributed by atoms with E-state index < -0.39 is 14.9 Å². The summed E-state index contributed by atoms with van der Waals surface area (Å²) in [6.45, 7) is 6.97. The average molecular weight is 628 g/mol. The van der Waals surface area contributed by atoms with Crippen molar-refractivity contribution >= 4 is 50.5 Å². The van der Waals surface area contributed by atoms with Crippen LogP contribution < -0.4 is 4.90 Å². The van der Waals surface area contributed by atoms with E-state index in [1.54, 1.807) is 28.7 Å². The molecule has 0 unspecified atom stereocenters. The first-order valence-corrected chi connectivity index (χ1v) is 16.2. The van der Waals surface area contributed by atoms with E-state index in [1.165, 1.54) is 17.0 Å². The number of hydrogen-bond acceptors (Lipinski definition) is 9. The van der Waals surface area contributed by atoms with Crippen molar-refractivity contribution < 1.29 is 18.1 Å². The lowest BCUT2D eigenvalue weighted by molar-refractivity contribution is -0.384. The predicted molar refractivity (Wildman–Crippen MR) is 167 cm³/mol. The quantitative estimate of drug-likeness (QED) is 0.273. The van der Waals surface area contributed by atoms with Crippen LogP contribution in [0.2, 0.25) is 5.02 Å². The van der Waals surface area contributed by atoms with Gasteiger partial charge in [-0.1, -0.05) is 36.7 Å². The van der Waals surface area contributed by atoms with Crippen molar-refractivity contribution in [1.29, 1.82) is 0 Å². The molecule has 4 aliphatic heterocycles. The molecular weight excluding hydrogens is 594 g/mol. The first-order chi connectivity index (χ1) is 20.6. The number of amidine groups is 1. The maximum Gasteiger partial charge on any atom is 0.284 e. The molecule has 0 spiro atoms. The number of amides is 1. The minimum Gasteiger partial charge on any atom is -0.373 e. The minimum atomic E-state index is -2.84. The van der Waals surface area contributed by atoms with Crippen LogP contribution >= 0.6 is 11.6 Å². The van der Waals surface area contributed by atoms with E-state index in [4.69, 9.17) is 16.6 Å². The minimum absolute atomic E-state index is 0.0891. The third-order valence-corrected chi connectivity index (χ3v) is 10.0. The van der Waals surface area contributed by atoms with Crippen molar-refractivity contribution in [3.63, 3.8) is 0 Å². The number of fused-ring (bicyclic) bond motifs is 3. The summed E-state index contributed by atoms with van der Waals surface area (Å²) in [7, 11) is -0.771. The van der Waals surface area contributed by atoms with Gasteiger partial charge in [0.1, 0.15) is 11.5 Å². The summed E-state index contributed by atoms with van der Waals surface area (Å²) in [6.07, 6.45) is 3.56. The van der Waals surface area contributed by atoms with Crippen LogP contribution in [0.15, 0.2) is 64.3 Å². The number of sulfonamides is 1. The number of nitro benzene ring substituents is 1. The normalized spacial score (nSPS) is 19.9. The Morgan fingerprint density at radius 3 is 2.40 bits per heavy atom. The Balaban J connectivity index is 0.000000314. The number of likely N-dealkylation sites (N-methyl/N-ethyl adjacent to an activating group) is 1. The molecule has 12 nitrogen and oxygen atoms in total. The van der Waals surface area contributed by atoms with Crippen molar-refractivity contribution in [3.8, 4) is 0 Å². The second-order valence-corrected chi connectivity index (χ2v) is 13.2. The monoisotopic (exact) mass is 627 g/mol. The molecule has 0 bridgehead atoms. The molecule has 0 aromatic heterocycles. The molecular formula is C29H34ClN7O5S. The van der Waals surface area contributed by atoms with Crippen LogP contribution in [-0.2, 0) is 14.8 Å². The van der Waals surface area contributed by atoms with Crippen molar-refractivity contribution in [2.75, 3.05) is 63.5 Å². The van der Waals surface area contributed by atoms with Gasteiger partial charge >= 0.3 is 0 Å². The van der Waals surface area contributed by atoms with Gasteiger partial charge in [-0.2, -0.15) is 0 Å². The summed E-state index contributed by atoms with van der Waals surface area (Å²) >= 11 is 6.43. The van der Waals surface area contributed by atoms with Crippen LogP contribution in [0.4, 0.5) is 11.4 Å². The van der Waals surface area contributed by atoms with Gasteiger partial charge in [0.2, 0.25) is 10.0 Å². The van der Waals surface area contributed by atoms with E-state index in [9.17, 15) is 23.3 Å². The summed E-state index contributed by atoms with van der Waals surface area (Å²) in [5.74, 6) is 0.527. The molecule has 43 heavy (non-hydrogen) atoms. The summed E-state index contributed by atoms with van der Waals surface area (Å²) in [5, 5.41) is 12.0. The molecule has 0 radical (unpaired) electrons. The Bertz CT molecular complexity index is 1610. The lowest BCUT2D eigenvalue weighted by Gasteiger charge is -2.31. The molecule has 2 aromatic carbocycles. The Morgan fingerprint density at radius 2 is 1.77 bits per heavy atom. The van der Waals surface area contributed by atoms with Crippen LogP contribution in [0.25, 0.3) is 0 Å². The highest BCUT2D eigenvalue weighted by Gasteiger charge is 2.37. The molecule has 4 aliphatic rings. The van der Waals surface area contributed by atoms with Gasteiger partial charge < -0.3 is 9.80 Å². The number of non-ortho nitro benzene ring substituents is 1. The Kier molecular flexibility index (Phi) is 9.25. The fourth-order valence-corrected chi connectivity index (χ4v) is 6.94. The predicted octanol–water partition coefficient (Wildman–Crippen LogP) is 3.37. The highest BCUT2D eigenvalue weighted by molar-refractivity contribution is 7.89. The molecule has 0 aliphatic carbocycles. The van der Waals surface area contributed by atoms with Gasteiger partial charge in [0, 0.05) is 73.8 Å². The first kappa shape index (κ1) is 30.8. The topological polar surface area (TPSA) is 132 Å². The molecule has 1 amide bonds. The number of halogens is 1. The number of rotatable bonds is 6. The van der Waals surface area contributed by atoms with E-state index in [0.29, 0.717) is 44.8 Å². The van der Waals surface area contributed by atoms with Crippen molar-refractivity contribution in [2.24, 2.45) is 9.98 Å². The number of aliphatic imine (C=N–C) groups is 2. The standard InChI is InChI=1S/C23H21ClN6O3.C6H13NO2S/c1-27-8-10-28(11-9-27)14-19-23(31)29-20-7-6-15(30(32)33)12-17(20)22(25-13-21(29)26-19)16-4-2-3-5-18(16)24;1-2-6-10(8,9)7-4-3-5-7/h2-7,12,14H,8-11,13H2,1H3;2-6H2,1H3/b19-14-;. The molecule has 14 heteroatoms. The fraction of sp³-hybridized carbons (Fsp3) is 0.414. The smallest absolute Gasteiger partial charge is 0.284 e. The first-order valence-electron chi connectivity index (χ1n) is 14.2. The van der Waals surface area contributed by atoms with Crippen molar-refractivity contribution in [3.05, 3.63) is 80.6 Å². The number of hydrogen-bond donors (Lipinski definition) is 0. The maximum absolute atomic E-state index is 13.4. The summed E-state index contributed by atoms with van der Waals surface area (Å²) in [4.78, 5) is 39.6. The van der Waals surface area contributed by atoms with E-state index in [1.807, 2.05) is 19.1 Å². The molecule has 2 fully saturated rings. The van der Waals surface area contributed by atoms with Gasteiger partial charge in [0.25, 0.3) is 11.6 Å². The number of benzene rings is 2. The van der Waals surface area contributed by atoms with Gasteiger partial charge in [-0.3, -0.25) is 24.8 Å². The maximum atomic E-state index is 13.4. The van der Waals surface area contributed by atoms with Crippen LogP contribution in [0.1, 0.15) is 30.9 Å². The zero-order valence-corrected chi connectivity index (χ0v) is 25.7. The summed E-state index contributed by atoms with van der Waals surface area (Å²) < 4.78 is 23.8. The lowest BCUT2D eigenvalue weighted by Crippen LogP contribution is -2.43. The largest absolute Gasteiger partial charge is 0.373 e. The SMILES string of the molecule is CCCS(=O)(=O)N1CCC1.CN1CCN(/C=C2\N=C3CN=C(c4ccccc4Cl)c4cc([N+](=O)[O-])ccc4N3C2=O)CC1. The third-order valence-electron chi connectivity index (χ3n) is 7.64. The lowest BCUT2D eigenvalue weighted by atomic mass is 9.99. The summed E-state index contributed by atoms with van der Waals surface area (Å²) in [6, 6.07) is 11.6. The number of carbonyl (C=O) groups excluding carboxylic acids is 1. The highest BCUT2D eigenvalue weighted by Crippen LogP contribution is 2.35. The molecule has 0 N–H and O–H groups in total. The zero-order chi connectivity index (χ0) is 30.7. The molecule has 228 valence electrons. The fourth-order valence-electron chi connectivity index (χ4n) is 5.12. The van der Waals surface area contributed by atoms with E-state index in [2.05, 4.69) is 21.8 Å². The Labute approximate surface area is 256 Å². The zero-order valence-electron chi connectivity index (χ0n) is 24.1. The molecule has 0 saturated carbocycles. The number of piperazine rings is 1. The number of nitro groups is 1. The average Bonchev–Trinajstić information content (AvgIpc) is 3.14. The van der Waals surface area contributed by atoms with Crippen LogP contribution in [-0.4, -0.2) is 104 Å². The van der Waals surface area contributed by atoms with Gasteiger partial charge in [-0.15, -0.1) is 0 Å². The Morgan fingerprint density at radius 1 is 1.05 bits per heavy atom. The van der Waals surface area contributed by atoms with Gasteiger partial charge in [-0.05, 0) is 32.0 Å². The van der Waals surface area contributed by atoms with Gasteiger partial charge in [-0.25, -0.2) is 17.7 Å².